The molecule has 5 heteroatoms. The largest absolute Gasteiger partial charge is 0.330 e. The number of nitrogens with zero attached hydrogens (tertiary/aromatic N) is 1. The van der Waals surface area contributed by atoms with Crippen LogP contribution in [-0.2, 0) is 10.3 Å². The Morgan fingerprint density at radius 3 is 2.54 bits per heavy atom. The van der Waals surface area contributed by atoms with Gasteiger partial charge in [0.2, 0.25) is 0 Å². The number of rotatable bonds is 6. The van der Waals surface area contributed by atoms with Crippen molar-refractivity contribution in [2.24, 2.45) is 16.6 Å². The van der Waals surface area contributed by atoms with Crippen LogP contribution < -0.4 is 5.73 Å². The Kier molecular flexibility index (Phi) is 4.86. The maximum absolute atomic E-state index is 10.9. The van der Waals surface area contributed by atoms with Crippen molar-refractivity contribution in [1.82, 2.24) is 0 Å². The lowest BCUT2D eigenvalue weighted by Gasteiger charge is -2.55. The molecule has 0 radical (unpaired) electrons. The summed E-state index contributed by atoms with van der Waals surface area (Å²) in [4.78, 5) is 15.8. The fourth-order valence-corrected chi connectivity index (χ4v) is 5.68. The summed E-state index contributed by atoms with van der Waals surface area (Å²) in [6.07, 6.45) is 6.70. The lowest BCUT2D eigenvalue weighted by Crippen LogP contribution is -2.48. The molecule has 1 fully saturated rings. The van der Waals surface area contributed by atoms with Crippen molar-refractivity contribution in [3.8, 4) is 0 Å². The molecule has 1 saturated carbocycles. The zero-order valence-electron chi connectivity index (χ0n) is 16.0. The van der Waals surface area contributed by atoms with E-state index in [0.29, 0.717) is 6.54 Å². The highest BCUT2D eigenvalue weighted by molar-refractivity contribution is 5.33. The molecule has 0 amide bonds. The first-order valence-corrected chi connectivity index (χ1v) is 9.48. The van der Waals surface area contributed by atoms with Gasteiger partial charge in [-0.2, -0.15) is 0 Å². The molecule has 3 rings (SSSR count). The summed E-state index contributed by atoms with van der Waals surface area (Å²) in [5.41, 5.74) is 8.57. The predicted molar refractivity (Wildman–Crippen MR) is 102 cm³/mol. The molecule has 0 aromatic heterocycles. The zero-order valence-corrected chi connectivity index (χ0v) is 16.0. The van der Waals surface area contributed by atoms with Crippen molar-refractivity contribution in [2.75, 3.05) is 6.54 Å². The molecule has 4 unspecified atom stereocenters. The molecule has 0 aliphatic heterocycles. The molecule has 26 heavy (non-hydrogen) atoms. The van der Waals surface area contributed by atoms with Gasteiger partial charge in [0.1, 0.15) is 6.10 Å². The van der Waals surface area contributed by atoms with Crippen LogP contribution in [0.4, 0.5) is 0 Å². The smallest absolute Gasteiger partial charge is 0.294 e. The number of fused-ring (bicyclic) bond motifs is 2. The standard InChI is InChI=1S/C21H30N2O3/c1-16(26-23(24)25)19(2)11-17-12-20(3,18-7-5-4-6-8-18)15-21(13-17,14-19)9-10-22/h4-8,11,16H,9-10,12-15,22H2,1-3H3. The Morgan fingerprint density at radius 2 is 1.92 bits per heavy atom. The molecular formula is C21H30N2O3. The second-order valence-corrected chi connectivity index (χ2v) is 8.95. The fraction of sp³-hybridized carbons (Fsp3) is 0.619. The number of hydrogen-bond donors (Lipinski definition) is 1. The Hall–Kier alpha value is -1.88. The van der Waals surface area contributed by atoms with Gasteiger partial charge in [-0.3, -0.25) is 0 Å². The van der Waals surface area contributed by atoms with Gasteiger partial charge in [-0.05, 0) is 62.0 Å². The van der Waals surface area contributed by atoms with E-state index in [1.54, 1.807) is 0 Å². The van der Waals surface area contributed by atoms with Crippen LogP contribution in [-0.4, -0.2) is 17.7 Å². The van der Waals surface area contributed by atoms with Crippen LogP contribution in [0.1, 0.15) is 58.4 Å². The van der Waals surface area contributed by atoms with Crippen molar-refractivity contribution in [2.45, 2.75) is 64.4 Å². The van der Waals surface area contributed by atoms with Gasteiger partial charge >= 0.3 is 0 Å². The lowest BCUT2D eigenvalue weighted by molar-refractivity contribution is -0.771. The van der Waals surface area contributed by atoms with Crippen molar-refractivity contribution < 1.29 is 9.92 Å². The van der Waals surface area contributed by atoms with Gasteiger partial charge in [0.05, 0.1) is 0 Å². The highest BCUT2D eigenvalue weighted by Crippen LogP contribution is 2.60. The highest BCUT2D eigenvalue weighted by Gasteiger charge is 2.52. The van der Waals surface area contributed by atoms with Crippen LogP contribution in [0.25, 0.3) is 0 Å². The molecule has 4 atom stereocenters. The molecule has 5 nitrogen and oxygen atoms in total. The SMILES string of the molecule is CC(O[N+](=O)[O-])C1(C)C=C2CC(CCN)(CC(C)(c3ccccc3)C2)C1. The van der Waals surface area contributed by atoms with E-state index < -0.39 is 11.2 Å². The number of allylic oxidation sites excluding steroid dienone is 1. The maximum Gasteiger partial charge on any atom is 0.294 e. The minimum Gasteiger partial charge on any atom is -0.330 e. The number of hydrogen-bond acceptors (Lipinski definition) is 4. The molecule has 0 heterocycles. The first-order chi connectivity index (χ1) is 12.2. The van der Waals surface area contributed by atoms with E-state index in [2.05, 4.69) is 50.3 Å². The summed E-state index contributed by atoms with van der Waals surface area (Å²) in [7, 11) is 0. The van der Waals surface area contributed by atoms with E-state index in [4.69, 9.17) is 10.6 Å². The van der Waals surface area contributed by atoms with Crippen LogP contribution in [0, 0.1) is 20.9 Å². The Balaban J connectivity index is 1.99. The minimum absolute atomic E-state index is 0.0741. The van der Waals surface area contributed by atoms with E-state index in [1.807, 2.05) is 6.92 Å². The van der Waals surface area contributed by atoms with Gasteiger partial charge in [-0.25, -0.2) is 0 Å². The quantitative estimate of drug-likeness (QED) is 0.464. The molecule has 2 aliphatic carbocycles. The summed E-state index contributed by atoms with van der Waals surface area (Å²) in [5.74, 6) is 0. The highest BCUT2D eigenvalue weighted by atomic mass is 17.0. The lowest BCUT2D eigenvalue weighted by atomic mass is 9.50. The zero-order chi connectivity index (χ0) is 19.0. The molecule has 1 aromatic rings. The molecule has 142 valence electrons. The van der Waals surface area contributed by atoms with Crippen LogP contribution in [0.3, 0.4) is 0 Å². The van der Waals surface area contributed by atoms with Crippen molar-refractivity contribution in [3.63, 3.8) is 0 Å². The second-order valence-electron chi connectivity index (χ2n) is 8.95. The Morgan fingerprint density at radius 1 is 1.23 bits per heavy atom. The first kappa shape index (κ1) is 18.9. The topological polar surface area (TPSA) is 78.4 Å². The van der Waals surface area contributed by atoms with Crippen molar-refractivity contribution in [3.05, 3.63) is 57.7 Å². The summed E-state index contributed by atoms with van der Waals surface area (Å²) < 4.78 is 0. The molecule has 2 aliphatic rings. The summed E-state index contributed by atoms with van der Waals surface area (Å²) in [5, 5.41) is 10.2. The van der Waals surface area contributed by atoms with Crippen LogP contribution in [0.2, 0.25) is 0 Å². The van der Waals surface area contributed by atoms with Gasteiger partial charge in [0.25, 0.3) is 5.09 Å². The maximum atomic E-state index is 10.9. The first-order valence-electron chi connectivity index (χ1n) is 9.48. The number of nitrogens with two attached hydrogens (primary N) is 1. The van der Waals surface area contributed by atoms with Gasteiger partial charge < -0.3 is 10.6 Å². The summed E-state index contributed by atoms with van der Waals surface area (Å²) >= 11 is 0. The molecule has 2 bridgehead atoms. The minimum atomic E-state index is -0.664. The fourth-order valence-electron chi connectivity index (χ4n) is 5.68. The van der Waals surface area contributed by atoms with E-state index in [-0.39, 0.29) is 16.2 Å². The summed E-state index contributed by atoms with van der Waals surface area (Å²) in [6.45, 7) is 6.89. The van der Waals surface area contributed by atoms with Gasteiger partial charge in [-0.1, -0.05) is 55.8 Å². The van der Waals surface area contributed by atoms with Crippen molar-refractivity contribution in [1.29, 1.82) is 0 Å². The third kappa shape index (κ3) is 3.50. The van der Waals surface area contributed by atoms with Crippen LogP contribution in [0.5, 0.6) is 0 Å². The average molecular weight is 358 g/mol. The van der Waals surface area contributed by atoms with E-state index in [0.717, 1.165) is 32.1 Å². The van der Waals surface area contributed by atoms with Crippen LogP contribution in [0.15, 0.2) is 42.0 Å². The number of benzene rings is 1. The van der Waals surface area contributed by atoms with Crippen molar-refractivity contribution >= 4 is 0 Å². The monoisotopic (exact) mass is 358 g/mol. The normalized spacial score (nSPS) is 34.7. The second kappa shape index (κ2) is 6.69. The molecular weight excluding hydrogens is 328 g/mol. The average Bonchev–Trinajstić information content (AvgIpc) is 2.53. The summed E-state index contributed by atoms with van der Waals surface area (Å²) in [6, 6.07) is 10.7. The molecule has 2 N–H and O–H groups in total. The third-order valence-electron chi connectivity index (χ3n) is 6.59. The van der Waals surface area contributed by atoms with Gasteiger partial charge in [0.15, 0.2) is 0 Å². The molecule has 0 spiro atoms. The molecule has 1 aromatic carbocycles. The van der Waals surface area contributed by atoms with Gasteiger partial charge in [-0.15, -0.1) is 10.1 Å². The molecule has 0 saturated heterocycles. The predicted octanol–water partition coefficient (Wildman–Crippen LogP) is 4.40. The Labute approximate surface area is 155 Å². The van der Waals surface area contributed by atoms with E-state index in [9.17, 15) is 10.1 Å². The van der Waals surface area contributed by atoms with E-state index >= 15 is 0 Å². The van der Waals surface area contributed by atoms with Crippen LogP contribution >= 0.6 is 0 Å². The van der Waals surface area contributed by atoms with Gasteiger partial charge in [0, 0.05) is 5.41 Å². The van der Waals surface area contributed by atoms with E-state index in [1.165, 1.54) is 11.1 Å². The third-order valence-corrected chi connectivity index (χ3v) is 6.59. The Bertz CT molecular complexity index is 704.